The maximum absolute atomic E-state index is 13.0. The minimum Gasteiger partial charge on any atom is -0.354 e. The molecule has 1 aliphatic rings. The largest absolute Gasteiger partial charge is 0.354 e. The van der Waals surface area contributed by atoms with Crippen molar-refractivity contribution in [1.82, 2.24) is 10.2 Å². The Kier molecular flexibility index (Phi) is 7.69. The highest BCUT2D eigenvalue weighted by Gasteiger charge is 2.34. The Labute approximate surface area is 188 Å². The zero-order valence-corrected chi connectivity index (χ0v) is 18.6. The molecule has 6 nitrogen and oxygen atoms in total. The number of rotatable bonds is 7. The summed E-state index contributed by atoms with van der Waals surface area (Å²) in [6.07, 6.45) is 2.40. The van der Waals surface area contributed by atoms with Crippen molar-refractivity contribution in [2.24, 2.45) is 5.92 Å². The van der Waals surface area contributed by atoms with Gasteiger partial charge in [0, 0.05) is 34.9 Å². The average Bonchev–Trinajstić information content (AvgIpc) is 3.24. The number of benzene rings is 2. The Bertz CT molecular complexity index is 926. The lowest BCUT2D eigenvalue weighted by Gasteiger charge is -2.24. The van der Waals surface area contributed by atoms with E-state index < -0.39 is 6.04 Å². The molecular formula is C24H28ClN3O3. The Morgan fingerprint density at radius 3 is 2.32 bits per heavy atom. The Morgan fingerprint density at radius 1 is 1.03 bits per heavy atom. The van der Waals surface area contributed by atoms with Crippen LogP contribution in [0.15, 0.2) is 48.5 Å². The molecule has 31 heavy (non-hydrogen) atoms. The molecule has 1 saturated heterocycles. The van der Waals surface area contributed by atoms with Crippen molar-refractivity contribution >= 4 is 35.0 Å². The molecule has 3 amide bonds. The van der Waals surface area contributed by atoms with Crippen molar-refractivity contribution in [1.29, 1.82) is 0 Å². The summed E-state index contributed by atoms with van der Waals surface area (Å²) >= 11 is 5.85. The molecule has 0 unspecified atom stereocenters. The molecule has 0 aromatic heterocycles. The normalized spacial score (nSPS) is 15.7. The number of anilines is 1. The molecule has 1 aliphatic heterocycles. The predicted molar refractivity (Wildman–Crippen MR) is 122 cm³/mol. The van der Waals surface area contributed by atoms with Crippen LogP contribution in [0.25, 0.3) is 0 Å². The van der Waals surface area contributed by atoms with Crippen LogP contribution in [-0.4, -0.2) is 41.8 Å². The fourth-order valence-electron chi connectivity index (χ4n) is 3.55. The van der Waals surface area contributed by atoms with Crippen LogP contribution in [0.1, 0.15) is 53.8 Å². The van der Waals surface area contributed by atoms with Crippen LogP contribution in [0.4, 0.5) is 5.69 Å². The number of hydrogen-bond acceptors (Lipinski definition) is 3. The number of amides is 3. The van der Waals surface area contributed by atoms with Crippen LogP contribution < -0.4 is 10.6 Å². The molecule has 1 fully saturated rings. The number of carbonyl (C=O) groups is 3. The summed E-state index contributed by atoms with van der Waals surface area (Å²) in [5.41, 5.74) is 1.57. The smallest absolute Gasteiger partial charge is 0.255 e. The highest BCUT2D eigenvalue weighted by atomic mass is 35.5. The number of nitrogens with one attached hydrogen (secondary N) is 2. The molecule has 0 bridgehead atoms. The third-order valence-corrected chi connectivity index (χ3v) is 5.59. The van der Waals surface area contributed by atoms with E-state index in [1.165, 1.54) is 0 Å². The predicted octanol–water partition coefficient (Wildman–Crippen LogP) is 4.36. The number of nitrogens with zero attached hydrogens (tertiary/aromatic N) is 1. The van der Waals surface area contributed by atoms with Crippen LogP contribution in [-0.2, 0) is 4.79 Å². The first-order valence-electron chi connectivity index (χ1n) is 10.6. The lowest BCUT2D eigenvalue weighted by molar-refractivity contribution is -0.124. The van der Waals surface area contributed by atoms with Gasteiger partial charge in [-0.05, 0) is 73.7 Å². The van der Waals surface area contributed by atoms with Crippen LogP contribution in [0.5, 0.6) is 0 Å². The summed E-state index contributed by atoms with van der Waals surface area (Å²) in [4.78, 5) is 39.5. The van der Waals surface area contributed by atoms with Gasteiger partial charge < -0.3 is 15.5 Å². The van der Waals surface area contributed by atoms with Crippen molar-refractivity contribution in [2.45, 2.75) is 39.2 Å². The van der Waals surface area contributed by atoms with E-state index in [0.717, 1.165) is 12.8 Å². The third-order valence-electron chi connectivity index (χ3n) is 5.33. The fraction of sp³-hybridized carbons (Fsp3) is 0.375. The van der Waals surface area contributed by atoms with E-state index in [1.807, 2.05) is 0 Å². The van der Waals surface area contributed by atoms with Crippen LogP contribution in [0.2, 0.25) is 5.02 Å². The first-order valence-corrected chi connectivity index (χ1v) is 11.0. The van der Waals surface area contributed by atoms with Gasteiger partial charge in [0.05, 0.1) is 0 Å². The van der Waals surface area contributed by atoms with Crippen molar-refractivity contribution in [2.75, 3.05) is 18.4 Å². The minimum atomic E-state index is -0.427. The molecule has 3 rings (SSSR count). The van der Waals surface area contributed by atoms with Gasteiger partial charge in [-0.1, -0.05) is 25.4 Å². The van der Waals surface area contributed by atoms with Crippen molar-refractivity contribution in [3.05, 3.63) is 64.7 Å². The number of hydrogen-bond donors (Lipinski definition) is 2. The molecular weight excluding hydrogens is 414 g/mol. The minimum absolute atomic E-state index is 0.0849. The number of likely N-dealkylation sites (tertiary alicyclic amines) is 1. The van der Waals surface area contributed by atoms with E-state index in [2.05, 4.69) is 24.5 Å². The van der Waals surface area contributed by atoms with E-state index in [4.69, 9.17) is 11.6 Å². The van der Waals surface area contributed by atoms with Crippen LogP contribution >= 0.6 is 11.6 Å². The van der Waals surface area contributed by atoms with Crippen molar-refractivity contribution in [3.63, 3.8) is 0 Å². The lowest BCUT2D eigenvalue weighted by Crippen LogP contribution is -2.46. The molecule has 2 aromatic rings. The molecule has 7 heteroatoms. The Balaban J connectivity index is 1.60. The average molecular weight is 442 g/mol. The lowest BCUT2D eigenvalue weighted by atomic mass is 10.1. The maximum Gasteiger partial charge on any atom is 0.255 e. The zero-order valence-electron chi connectivity index (χ0n) is 17.9. The van der Waals surface area contributed by atoms with Gasteiger partial charge in [-0.3, -0.25) is 14.4 Å². The maximum atomic E-state index is 13.0. The molecule has 2 aromatic carbocycles. The molecule has 0 saturated carbocycles. The molecule has 1 heterocycles. The third kappa shape index (κ3) is 6.07. The molecule has 0 aliphatic carbocycles. The second kappa shape index (κ2) is 10.4. The number of carbonyl (C=O) groups excluding carboxylic acids is 3. The fourth-order valence-corrected chi connectivity index (χ4v) is 3.68. The second-order valence-electron chi connectivity index (χ2n) is 8.17. The summed E-state index contributed by atoms with van der Waals surface area (Å²) < 4.78 is 0. The summed E-state index contributed by atoms with van der Waals surface area (Å²) in [7, 11) is 0. The second-order valence-corrected chi connectivity index (χ2v) is 8.60. The van der Waals surface area contributed by atoms with Crippen LogP contribution in [0, 0.1) is 5.92 Å². The standard InChI is InChI=1S/C24H28ClN3O3/c1-16(2)13-14-26-23(30)21-4-3-15-28(21)24(31)18-7-11-20(12-8-18)27-22(29)17-5-9-19(25)10-6-17/h5-12,16,21H,3-4,13-15H2,1-2H3,(H,26,30)(H,27,29)/t21-/m1/s1. The monoisotopic (exact) mass is 441 g/mol. The van der Waals surface area contributed by atoms with Gasteiger partial charge in [0.25, 0.3) is 11.8 Å². The molecule has 164 valence electrons. The van der Waals surface area contributed by atoms with E-state index in [0.29, 0.717) is 47.3 Å². The van der Waals surface area contributed by atoms with E-state index in [1.54, 1.807) is 53.4 Å². The van der Waals surface area contributed by atoms with Gasteiger partial charge in [-0.2, -0.15) is 0 Å². The highest BCUT2D eigenvalue weighted by Crippen LogP contribution is 2.22. The number of halogens is 1. The summed E-state index contributed by atoms with van der Waals surface area (Å²) in [5, 5.41) is 6.32. The summed E-state index contributed by atoms with van der Waals surface area (Å²) in [5.74, 6) is 0.00386. The Morgan fingerprint density at radius 2 is 1.68 bits per heavy atom. The van der Waals surface area contributed by atoms with Gasteiger partial charge in [0.2, 0.25) is 5.91 Å². The van der Waals surface area contributed by atoms with Crippen molar-refractivity contribution < 1.29 is 14.4 Å². The SMILES string of the molecule is CC(C)CCNC(=O)[C@H]1CCCN1C(=O)c1ccc(NC(=O)c2ccc(Cl)cc2)cc1. The summed E-state index contributed by atoms with van der Waals surface area (Å²) in [6, 6.07) is 12.9. The van der Waals surface area contributed by atoms with Gasteiger partial charge in [-0.15, -0.1) is 0 Å². The molecule has 1 atom stereocenters. The van der Waals surface area contributed by atoms with E-state index in [9.17, 15) is 14.4 Å². The molecule has 0 radical (unpaired) electrons. The highest BCUT2D eigenvalue weighted by molar-refractivity contribution is 6.30. The summed E-state index contributed by atoms with van der Waals surface area (Å²) in [6.45, 7) is 5.41. The van der Waals surface area contributed by atoms with Gasteiger partial charge >= 0.3 is 0 Å². The zero-order chi connectivity index (χ0) is 22.4. The Hall–Kier alpha value is -2.86. The molecule has 2 N–H and O–H groups in total. The van der Waals surface area contributed by atoms with Crippen molar-refractivity contribution in [3.8, 4) is 0 Å². The van der Waals surface area contributed by atoms with Gasteiger partial charge in [0.15, 0.2) is 0 Å². The van der Waals surface area contributed by atoms with Gasteiger partial charge in [-0.25, -0.2) is 0 Å². The van der Waals surface area contributed by atoms with Crippen LogP contribution in [0.3, 0.4) is 0 Å². The van der Waals surface area contributed by atoms with E-state index >= 15 is 0 Å². The topological polar surface area (TPSA) is 78.5 Å². The first kappa shape index (κ1) is 22.8. The quantitative estimate of drug-likeness (QED) is 0.670. The first-order chi connectivity index (χ1) is 14.8. The molecule has 0 spiro atoms. The van der Waals surface area contributed by atoms with E-state index in [-0.39, 0.29) is 17.7 Å². The van der Waals surface area contributed by atoms with Gasteiger partial charge in [0.1, 0.15) is 6.04 Å².